The number of nitrogens with one attached hydrogen (secondary N) is 1. The lowest BCUT2D eigenvalue weighted by Gasteiger charge is -2.07. The zero-order valence-electron chi connectivity index (χ0n) is 7.38. The van der Waals surface area contributed by atoms with E-state index in [1.807, 2.05) is 0 Å². The largest absolute Gasteiger partial charge is 0.493 e. The van der Waals surface area contributed by atoms with Gasteiger partial charge in [0.2, 0.25) is 5.91 Å². The summed E-state index contributed by atoms with van der Waals surface area (Å²) in [5.41, 5.74) is 0. The summed E-state index contributed by atoms with van der Waals surface area (Å²) in [5, 5.41) is 2.51. The number of nitrogens with zero attached hydrogens (tertiary/aromatic N) is 1. The van der Waals surface area contributed by atoms with Gasteiger partial charge in [0, 0.05) is 10.7 Å². The first-order valence-corrected chi connectivity index (χ1v) is 5.05. The average Bonchev–Trinajstić information content (AvgIpc) is 2.20. The molecule has 4 nitrogen and oxygen atoms in total. The predicted molar refractivity (Wildman–Crippen MR) is 57.8 cm³/mol. The van der Waals surface area contributed by atoms with Crippen LogP contribution in [0, 0.1) is 0 Å². The minimum Gasteiger partial charge on any atom is -0.493 e. The first kappa shape index (κ1) is 11.3. The molecule has 0 atom stereocenters. The van der Waals surface area contributed by atoms with Gasteiger partial charge < -0.3 is 10.1 Å². The van der Waals surface area contributed by atoms with E-state index in [0.717, 1.165) is 4.47 Å². The van der Waals surface area contributed by atoms with Crippen LogP contribution in [-0.4, -0.2) is 23.9 Å². The van der Waals surface area contributed by atoms with Crippen molar-refractivity contribution in [2.24, 2.45) is 0 Å². The third kappa shape index (κ3) is 2.85. The normalized spacial score (nSPS) is 9.64. The highest BCUT2D eigenvalue weighted by Crippen LogP contribution is 2.24. The van der Waals surface area contributed by atoms with Crippen LogP contribution in [0.25, 0.3) is 0 Å². The Labute approximate surface area is 94.7 Å². The Morgan fingerprint density at radius 3 is 3.07 bits per heavy atom. The maximum absolute atomic E-state index is 11.0. The number of methoxy groups -OCH3 is 1. The molecule has 14 heavy (non-hydrogen) atoms. The molecule has 0 fully saturated rings. The zero-order valence-corrected chi connectivity index (χ0v) is 9.72. The molecule has 0 aliphatic rings. The van der Waals surface area contributed by atoms with E-state index >= 15 is 0 Å². The number of carbonyl (C=O) groups excluding carboxylic acids is 1. The summed E-state index contributed by atoms with van der Waals surface area (Å²) in [6.07, 6.45) is 1.56. The van der Waals surface area contributed by atoms with Crippen molar-refractivity contribution >= 4 is 39.3 Å². The van der Waals surface area contributed by atoms with Crippen LogP contribution in [0.1, 0.15) is 0 Å². The van der Waals surface area contributed by atoms with E-state index in [-0.39, 0.29) is 11.8 Å². The van der Waals surface area contributed by atoms with Gasteiger partial charge in [-0.25, -0.2) is 4.98 Å². The summed E-state index contributed by atoms with van der Waals surface area (Å²) in [7, 11) is 1.50. The highest BCUT2D eigenvalue weighted by Gasteiger charge is 2.08. The molecule has 0 saturated carbocycles. The summed E-state index contributed by atoms with van der Waals surface area (Å²) in [5.74, 6) is 0.417. The summed E-state index contributed by atoms with van der Waals surface area (Å²) < 4.78 is 5.80. The lowest BCUT2D eigenvalue weighted by atomic mass is 10.4. The second-order valence-corrected chi connectivity index (χ2v) is 3.57. The number of aromatic nitrogens is 1. The van der Waals surface area contributed by atoms with E-state index in [1.165, 1.54) is 7.11 Å². The number of ether oxygens (including phenoxy) is 1. The number of alkyl halides is 1. The topological polar surface area (TPSA) is 51.2 Å². The van der Waals surface area contributed by atoms with E-state index < -0.39 is 0 Å². The Morgan fingerprint density at radius 1 is 1.79 bits per heavy atom. The van der Waals surface area contributed by atoms with Gasteiger partial charge >= 0.3 is 0 Å². The van der Waals surface area contributed by atoms with Crippen molar-refractivity contribution in [1.82, 2.24) is 4.98 Å². The monoisotopic (exact) mass is 278 g/mol. The second-order valence-electron chi connectivity index (χ2n) is 2.39. The van der Waals surface area contributed by atoms with Gasteiger partial charge in [0.1, 0.15) is 5.88 Å². The number of anilines is 1. The fourth-order valence-electron chi connectivity index (χ4n) is 0.836. The smallest absolute Gasteiger partial charge is 0.240 e. The van der Waals surface area contributed by atoms with E-state index in [2.05, 4.69) is 26.2 Å². The van der Waals surface area contributed by atoms with E-state index in [0.29, 0.717) is 11.6 Å². The Kier molecular flexibility index (Phi) is 4.16. The molecule has 0 saturated heterocycles. The number of pyridine rings is 1. The van der Waals surface area contributed by atoms with Crippen molar-refractivity contribution in [3.8, 4) is 5.75 Å². The number of hydrogen-bond donors (Lipinski definition) is 1. The molecule has 76 valence electrons. The van der Waals surface area contributed by atoms with Crippen molar-refractivity contribution < 1.29 is 9.53 Å². The highest BCUT2D eigenvalue weighted by molar-refractivity contribution is 9.10. The third-order valence-electron chi connectivity index (χ3n) is 1.42. The van der Waals surface area contributed by atoms with Gasteiger partial charge in [-0.05, 0) is 22.0 Å². The summed E-state index contributed by atoms with van der Waals surface area (Å²) in [4.78, 5) is 15.0. The van der Waals surface area contributed by atoms with Gasteiger partial charge in [0.25, 0.3) is 0 Å². The molecule has 6 heteroatoms. The molecule has 1 N–H and O–H groups in total. The zero-order chi connectivity index (χ0) is 10.6. The first-order valence-electron chi connectivity index (χ1n) is 3.72. The Bertz CT molecular complexity index is 346. The molecule has 0 aliphatic heterocycles. The maximum Gasteiger partial charge on any atom is 0.240 e. The number of amides is 1. The van der Waals surface area contributed by atoms with Crippen LogP contribution in [0.15, 0.2) is 16.7 Å². The van der Waals surface area contributed by atoms with Gasteiger partial charge in [-0.15, -0.1) is 11.6 Å². The van der Waals surface area contributed by atoms with Gasteiger partial charge in [-0.3, -0.25) is 4.79 Å². The molecule has 0 aromatic carbocycles. The van der Waals surface area contributed by atoms with Crippen molar-refractivity contribution in [2.45, 2.75) is 0 Å². The van der Waals surface area contributed by atoms with Gasteiger partial charge in [0.05, 0.1) is 7.11 Å². The van der Waals surface area contributed by atoms with Crippen LogP contribution in [0.3, 0.4) is 0 Å². The molecule has 1 amide bonds. The Morgan fingerprint density at radius 2 is 2.50 bits per heavy atom. The predicted octanol–water partition coefficient (Wildman–Crippen LogP) is 2.03. The second kappa shape index (κ2) is 5.17. The fourth-order valence-corrected chi connectivity index (χ4v) is 1.21. The lowest BCUT2D eigenvalue weighted by molar-refractivity contribution is -0.114. The van der Waals surface area contributed by atoms with Crippen LogP contribution >= 0.6 is 27.5 Å². The van der Waals surface area contributed by atoms with Gasteiger partial charge in [-0.2, -0.15) is 0 Å². The highest BCUT2D eigenvalue weighted by atomic mass is 79.9. The molecule has 0 radical (unpaired) electrons. The van der Waals surface area contributed by atoms with Crippen LogP contribution in [0.2, 0.25) is 0 Å². The van der Waals surface area contributed by atoms with Crippen LogP contribution < -0.4 is 10.1 Å². The van der Waals surface area contributed by atoms with Crippen molar-refractivity contribution in [3.63, 3.8) is 0 Å². The number of rotatable bonds is 3. The number of halogens is 2. The van der Waals surface area contributed by atoms with Crippen molar-refractivity contribution in [1.29, 1.82) is 0 Å². The van der Waals surface area contributed by atoms with Crippen molar-refractivity contribution in [2.75, 3.05) is 18.3 Å². The molecule has 0 bridgehead atoms. The standard InChI is InChI=1S/C8H8BrClN2O2/c1-14-6-2-5(9)4-11-8(6)12-7(13)3-10/h2,4H,3H2,1H3,(H,11,12,13). The molecule has 0 spiro atoms. The lowest BCUT2D eigenvalue weighted by Crippen LogP contribution is -2.14. The van der Waals surface area contributed by atoms with Gasteiger partial charge in [-0.1, -0.05) is 0 Å². The summed E-state index contributed by atoms with van der Waals surface area (Å²) in [6, 6.07) is 1.71. The quantitative estimate of drug-likeness (QED) is 0.861. The number of carbonyl (C=O) groups is 1. The van der Waals surface area contributed by atoms with Crippen LogP contribution in [0.4, 0.5) is 5.82 Å². The average molecular weight is 280 g/mol. The van der Waals surface area contributed by atoms with Crippen molar-refractivity contribution in [3.05, 3.63) is 16.7 Å². The molecular formula is C8H8BrClN2O2. The number of hydrogen-bond acceptors (Lipinski definition) is 3. The van der Waals surface area contributed by atoms with E-state index in [1.54, 1.807) is 12.3 Å². The molecule has 0 aliphatic carbocycles. The Balaban J connectivity index is 2.90. The minimum atomic E-state index is -0.320. The van der Waals surface area contributed by atoms with E-state index in [9.17, 15) is 4.79 Å². The first-order chi connectivity index (χ1) is 6.67. The molecule has 1 heterocycles. The molecule has 1 aromatic rings. The minimum absolute atomic E-state index is 0.110. The summed E-state index contributed by atoms with van der Waals surface area (Å²) >= 11 is 8.58. The third-order valence-corrected chi connectivity index (χ3v) is 2.09. The van der Waals surface area contributed by atoms with Gasteiger partial charge in [0.15, 0.2) is 11.6 Å². The van der Waals surface area contributed by atoms with Crippen LogP contribution in [0.5, 0.6) is 5.75 Å². The molecule has 1 aromatic heterocycles. The Hall–Kier alpha value is -0.810. The summed E-state index contributed by atoms with van der Waals surface area (Å²) in [6.45, 7) is 0. The van der Waals surface area contributed by atoms with E-state index in [4.69, 9.17) is 16.3 Å². The SMILES string of the molecule is COc1cc(Br)cnc1NC(=O)CCl. The molecule has 0 unspecified atom stereocenters. The molecular weight excluding hydrogens is 271 g/mol. The molecule has 1 rings (SSSR count). The fraction of sp³-hybridized carbons (Fsp3) is 0.250. The maximum atomic E-state index is 11.0. The van der Waals surface area contributed by atoms with Crippen LogP contribution in [-0.2, 0) is 4.79 Å².